The fourth-order valence-electron chi connectivity index (χ4n) is 1.44. The zero-order valence-electron chi connectivity index (χ0n) is 8.04. The Hall–Kier alpha value is -2.38. The summed E-state index contributed by atoms with van der Waals surface area (Å²) < 4.78 is 0. The SMILES string of the molecule is c1cc(C2N=NN=N2)ccc1C1N=NN=N1. The largest absolute Gasteiger partial charge is 0.210 e. The van der Waals surface area contributed by atoms with Crippen LogP contribution in [0.2, 0.25) is 0 Å². The Kier molecular flexibility index (Phi) is 2.03. The van der Waals surface area contributed by atoms with Crippen molar-refractivity contribution in [1.82, 2.24) is 0 Å². The van der Waals surface area contributed by atoms with Crippen molar-refractivity contribution in [2.75, 3.05) is 0 Å². The Morgan fingerprint density at radius 2 is 0.875 bits per heavy atom. The summed E-state index contributed by atoms with van der Waals surface area (Å²) in [6.07, 6.45) is -0.637. The van der Waals surface area contributed by atoms with E-state index in [1.165, 1.54) is 0 Å². The highest BCUT2D eigenvalue weighted by Gasteiger charge is 2.15. The van der Waals surface area contributed by atoms with E-state index < -0.39 is 0 Å². The number of nitrogens with zero attached hydrogens (tertiary/aromatic N) is 8. The molecule has 0 aliphatic carbocycles. The molecule has 0 saturated heterocycles. The molecule has 8 nitrogen and oxygen atoms in total. The highest BCUT2D eigenvalue weighted by Crippen LogP contribution is 2.28. The summed E-state index contributed by atoms with van der Waals surface area (Å²) in [6, 6.07) is 7.58. The fraction of sp³-hybridized carbons (Fsp3) is 0.250. The second-order valence-corrected chi connectivity index (χ2v) is 3.23. The van der Waals surface area contributed by atoms with Crippen molar-refractivity contribution in [3.05, 3.63) is 35.4 Å². The van der Waals surface area contributed by atoms with Crippen molar-refractivity contribution in [2.45, 2.75) is 12.3 Å². The molecule has 0 amide bonds. The lowest BCUT2D eigenvalue weighted by Gasteiger charge is -2.04. The minimum Gasteiger partial charge on any atom is -0.133 e. The van der Waals surface area contributed by atoms with Gasteiger partial charge in [-0.05, 0) is 20.9 Å². The first-order chi connectivity index (χ1) is 7.93. The smallest absolute Gasteiger partial charge is 0.133 e. The molecule has 8 heteroatoms. The first-order valence-corrected chi connectivity index (χ1v) is 4.63. The summed E-state index contributed by atoms with van der Waals surface area (Å²) in [7, 11) is 0. The summed E-state index contributed by atoms with van der Waals surface area (Å²) in [6.45, 7) is 0. The standard InChI is InChI=1S/C8H6N8/c1-2-6(8-11-15-16-12-8)4-3-5(1)7-9-13-14-10-7/h1-4,7-8H. The maximum atomic E-state index is 3.84. The van der Waals surface area contributed by atoms with Gasteiger partial charge in [-0.1, -0.05) is 24.3 Å². The number of benzene rings is 1. The minimum absolute atomic E-state index is 0.319. The van der Waals surface area contributed by atoms with Crippen LogP contribution in [0.4, 0.5) is 0 Å². The van der Waals surface area contributed by atoms with Crippen molar-refractivity contribution in [1.29, 1.82) is 0 Å². The second-order valence-electron chi connectivity index (χ2n) is 3.23. The quantitative estimate of drug-likeness (QED) is 0.721. The molecule has 3 rings (SSSR count). The lowest BCUT2D eigenvalue weighted by atomic mass is 10.1. The van der Waals surface area contributed by atoms with Crippen LogP contribution in [0.5, 0.6) is 0 Å². The zero-order valence-corrected chi connectivity index (χ0v) is 8.04. The Labute approximate surface area is 89.9 Å². The van der Waals surface area contributed by atoms with Gasteiger partial charge in [0.15, 0.2) is 0 Å². The lowest BCUT2D eigenvalue weighted by Crippen LogP contribution is -1.92. The van der Waals surface area contributed by atoms with E-state index >= 15 is 0 Å². The van der Waals surface area contributed by atoms with E-state index in [1.54, 1.807) is 0 Å². The summed E-state index contributed by atoms with van der Waals surface area (Å²) in [5.74, 6) is 0. The molecule has 0 fully saturated rings. The van der Waals surface area contributed by atoms with Gasteiger partial charge in [0.25, 0.3) is 0 Å². The van der Waals surface area contributed by atoms with Crippen LogP contribution in [0, 0.1) is 0 Å². The van der Waals surface area contributed by atoms with E-state index in [9.17, 15) is 0 Å². The Morgan fingerprint density at radius 3 is 1.19 bits per heavy atom. The summed E-state index contributed by atoms with van der Waals surface area (Å²) in [5.41, 5.74) is 1.86. The van der Waals surface area contributed by atoms with Crippen molar-refractivity contribution < 1.29 is 0 Å². The van der Waals surface area contributed by atoms with Crippen LogP contribution in [0.25, 0.3) is 0 Å². The van der Waals surface area contributed by atoms with Gasteiger partial charge in [-0.3, -0.25) is 0 Å². The average Bonchev–Trinajstić information content (AvgIpc) is 3.03. The van der Waals surface area contributed by atoms with Gasteiger partial charge in [-0.25, -0.2) is 0 Å². The molecule has 0 unspecified atom stereocenters. The molecule has 0 saturated carbocycles. The average molecular weight is 214 g/mol. The third-order valence-electron chi connectivity index (χ3n) is 2.26. The van der Waals surface area contributed by atoms with Gasteiger partial charge in [-0.15, -0.1) is 20.5 Å². The molecule has 16 heavy (non-hydrogen) atoms. The Balaban J connectivity index is 1.84. The Morgan fingerprint density at radius 1 is 0.562 bits per heavy atom. The van der Waals surface area contributed by atoms with E-state index in [-0.39, 0.29) is 12.3 Å². The molecule has 0 N–H and O–H groups in total. The molecule has 78 valence electrons. The summed E-state index contributed by atoms with van der Waals surface area (Å²) in [5, 5.41) is 29.2. The van der Waals surface area contributed by atoms with Crippen LogP contribution < -0.4 is 0 Å². The zero-order chi connectivity index (χ0) is 10.8. The normalized spacial score (nSPS) is 19.0. The van der Waals surface area contributed by atoms with Crippen LogP contribution in [0.15, 0.2) is 65.6 Å². The molecule has 1 aromatic carbocycles. The van der Waals surface area contributed by atoms with Crippen molar-refractivity contribution >= 4 is 0 Å². The molecule has 0 bridgehead atoms. The van der Waals surface area contributed by atoms with E-state index in [0.717, 1.165) is 11.1 Å². The van der Waals surface area contributed by atoms with Crippen LogP contribution in [0.1, 0.15) is 23.5 Å². The summed E-state index contributed by atoms with van der Waals surface area (Å²) in [4.78, 5) is 0. The van der Waals surface area contributed by atoms with E-state index in [0.29, 0.717) is 0 Å². The summed E-state index contributed by atoms with van der Waals surface area (Å²) >= 11 is 0. The third-order valence-corrected chi connectivity index (χ3v) is 2.26. The molecular formula is C8H6N8. The van der Waals surface area contributed by atoms with Crippen LogP contribution in [0.3, 0.4) is 0 Å². The van der Waals surface area contributed by atoms with Gasteiger partial charge in [0.1, 0.15) is 0 Å². The van der Waals surface area contributed by atoms with Crippen molar-refractivity contribution in [2.24, 2.45) is 41.4 Å². The van der Waals surface area contributed by atoms with Gasteiger partial charge in [0, 0.05) is 11.1 Å². The molecule has 0 spiro atoms. The van der Waals surface area contributed by atoms with E-state index in [4.69, 9.17) is 0 Å². The van der Waals surface area contributed by atoms with Crippen LogP contribution >= 0.6 is 0 Å². The predicted octanol–water partition coefficient (Wildman–Crippen LogP) is 3.35. The Bertz CT molecular complexity index is 428. The molecule has 0 aromatic heterocycles. The second kappa shape index (κ2) is 3.65. The number of hydrogen-bond acceptors (Lipinski definition) is 8. The minimum atomic E-state index is -0.319. The molecule has 0 atom stereocenters. The molecule has 0 radical (unpaired) electrons. The highest BCUT2D eigenvalue weighted by atomic mass is 15.6. The molecule has 1 aromatic rings. The van der Waals surface area contributed by atoms with Crippen LogP contribution in [-0.4, -0.2) is 0 Å². The number of rotatable bonds is 2. The molecule has 2 aliphatic rings. The van der Waals surface area contributed by atoms with Gasteiger partial charge in [0.2, 0.25) is 12.3 Å². The first kappa shape index (κ1) is 8.89. The van der Waals surface area contributed by atoms with Gasteiger partial charge < -0.3 is 0 Å². The predicted molar refractivity (Wildman–Crippen MR) is 51.3 cm³/mol. The topological polar surface area (TPSA) is 98.9 Å². The molecule has 2 aliphatic heterocycles. The maximum absolute atomic E-state index is 3.84. The van der Waals surface area contributed by atoms with Crippen LogP contribution in [-0.2, 0) is 0 Å². The van der Waals surface area contributed by atoms with E-state index in [1.807, 2.05) is 24.3 Å². The highest BCUT2D eigenvalue weighted by molar-refractivity contribution is 5.27. The molecule has 2 heterocycles. The lowest BCUT2D eigenvalue weighted by molar-refractivity contribution is 0.748. The maximum Gasteiger partial charge on any atom is 0.210 e. The monoisotopic (exact) mass is 214 g/mol. The van der Waals surface area contributed by atoms with Gasteiger partial charge in [0.05, 0.1) is 0 Å². The molecular weight excluding hydrogens is 208 g/mol. The van der Waals surface area contributed by atoms with Gasteiger partial charge in [-0.2, -0.15) is 0 Å². The third kappa shape index (κ3) is 1.49. The fourth-order valence-corrected chi connectivity index (χ4v) is 1.44. The van der Waals surface area contributed by atoms with Crippen molar-refractivity contribution in [3.63, 3.8) is 0 Å². The first-order valence-electron chi connectivity index (χ1n) is 4.63. The number of hydrogen-bond donors (Lipinski definition) is 0. The van der Waals surface area contributed by atoms with Crippen molar-refractivity contribution in [3.8, 4) is 0 Å². The van der Waals surface area contributed by atoms with E-state index in [2.05, 4.69) is 41.4 Å². The van der Waals surface area contributed by atoms with Gasteiger partial charge >= 0.3 is 0 Å².